The Kier molecular flexibility index (Phi) is 7.52. The largest absolute Gasteiger partial charge is 0.490 e. The van der Waals surface area contributed by atoms with E-state index in [9.17, 15) is 28.5 Å². The number of phosphoric acid groups is 3. The molecule has 0 saturated carbocycles. The highest BCUT2D eigenvalue weighted by molar-refractivity contribution is 7.66. The van der Waals surface area contributed by atoms with Crippen molar-refractivity contribution in [1.29, 1.82) is 0 Å². The van der Waals surface area contributed by atoms with E-state index in [0.717, 1.165) is 4.57 Å². The average Bonchev–Trinajstić information content (AvgIpc) is 2.90. The van der Waals surface area contributed by atoms with Gasteiger partial charge in [0.25, 0.3) is 0 Å². The molecule has 0 radical (unpaired) electrons. The Morgan fingerprint density at radius 3 is 2.41 bits per heavy atom. The number of nitrogens with one attached hydrogen (secondary N) is 1. The zero-order valence-corrected chi connectivity index (χ0v) is 16.7. The van der Waals surface area contributed by atoms with Gasteiger partial charge in [0.15, 0.2) is 5.82 Å². The maximum atomic E-state index is 11.9. The van der Waals surface area contributed by atoms with Crippen LogP contribution in [0.5, 0.6) is 0 Å². The van der Waals surface area contributed by atoms with Crippen LogP contribution in [0.15, 0.2) is 17.1 Å². The summed E-state index contributed by atoms with van der Waals surface area (Å²) in [6.07, 6.45) is -2.65. The van der Waals surface area contributed by atoms with Crippen LogP contribution in [0, 0.1) is 0 Å². The molecule has 29 heavy (non-hydrogen) atoms. The maximum Gasteiger partial charge on any atom is 0.490 e. The molecule has 1 aromatic heterocycles. The summed E-state index contributed by atoms with van der Waals surface area (Å²) in [5.41, 5.74) is 0.811. The summed E-state index contributed by atoms with van der Waals surface area (Å²) >= 11 is 0. The summed E-state index contributed by atoms with van der Waals surface area (Å²) in [5, 5.41) is 18.6. The highest BCUT2D eigenvalue weighted by atomic mass is 31.3. The second kappa shape index (κ2) is 8.99. The highest BCUT2D eigenvalue weighted by Gasteiger charge is 2.42. The molecule has 2 rings (SSSR count). The van der Waals surface area contributed by atoms with Crippen molar-refractivity contribution in [1.82, 2.24) is 9.55 Å². The number of ether oxygens (including phenoxy) is 1. The van der Waals surface area contributed by atoms with Gasteiger partial charge in [-0.2, -0.15) is 13.6 Å². The van der Waals surface area contributed by atoms with Crippen LogP contribution in [0.1, 0.15) is 12.6 Å². The lowest BCUT2D eigenvalue weighted by Gasteiger charge is -2.19. The second-order valence-electron chi connectivity index (χ2n) is 5.43. The lowest BCUT2D eigenvalue weighted by Crippen LogP contribution is -2.28. The first-order chi connectivity index (χ1) is 13.2. The number of hydrogen-bond acceptors (Lipinski definition) is 12. The summed E-state index contributed by atoms with van der Waals surface area (Å²) in [5.74, 6) is -0.144. The molecule has 2 unspecified atom stereocenters. The molecule has 0 spiro atoms. The van der Waals surface area contributed by atoms with Gasteiger partial charge < -0.3 is 29.4 Å². The van der Waals surface area contributed by atoms with E-state index in [0.29, 0.717) is 0 Å². The fourth-order valence-electron chi connectivity index (χ4n) is 2.20. The Balaban J connectivity index is 1.99. The minimum atomic E-state index is -5.67. The quantitative estimate of drug-likeness (QED) is 0.165. The first kappa shape index (κ1) is 24.2. The van der Waals surface area contributed by atoms with E-state index in [2.05, 4.69) is 18.1 Å². The summed E-state index contributed by atoms with van der Waals surface area (Å²) in [6.45, 7) is -0.875. The highest BCUT2D eigenvalue weighted by Crippen LogP contribution is 2.66. The average molecular weight is 483 g/mol. The van der Waals surface area contributed by atoms with Gasteiger partial charge in [0.1, 0.15) is 12.3 Å². The Bertz CT molecular complexity index is 930. The first-order valence-corrected chi connectivity index (χ1v) is 11.8. The molecule has 1 aliphatic rings. The van der Waals surface area contributed by atoms with Gasteiger partial charge in [0, 0.05) is 12.6 Å². The number of aliphatic hydroxyl groups excluding tert-OH is 1. The Labute approximate surface area is 160 Å². The number of nitrogens with zero attached hydrogens (tertiary/aromatic N) is 2. The molecule has 0 aromatic carbocycles. The summed E-state index contributed by atoms with van der Waals surface area (Å²) in [7, 11) is -16.6. The number of phosphoric ester groups is 1. The van der Waals surface area contributed by atoms with Gasteiger partial charge in [-0.25, -0.2) is 18.5 Å². The molecule has 2 heterocycles. The summed E-state index contributed by atoms with van der Waals surface area (Å²) < 4.78 is 51.2. The van der Waals surface area contributed by atoms with Crippen molar-refractivity contribution < 1.29 is 61.5 Å². The number of aliphatic hydroxyl groups is 1. The Morgan fingerprint density at radius 1 is 1.21 bits per heavy atom. The molecule has 1 aromatic rings. The fraction of sp³-hybridized carbons (Fsp3) is 0.556. The van der Waals surface area contributed by atoms with Crippen LogP contribution in [-0.4, -0.2) is 58.3 Å². The van der Waals surface area contributed by atoms with Crippen molar-refractivity contribution in [2.24, 2.45) is 0 Å². The molecule has 1 aliphatic heterocycles. The Hall–Kier alpha value is -1.03. The molecule has 17 nitrogen and oxygen atoms in total. The third-order valence-electron chi connectivity index (χ3n) is 3.28. The lowest BCUT2D eigenvalue weighted by atomic mass is 10.2. The topological polar surface area (TPSA) is 256 Å². The van der Waals surface area contributed by atoms with Crippen LogP contribution in [-0.2, 0) is 31.6 Å². The minimum Gasteiger partial charge on any atom is -0.390 e. The zero-order chi connectivity index (χ0) is 22.0. The van der Waals surface area contributed by atoms with E-state index in [1.165, 1.54) is 12.3 Å². The predicted molar refractivity (Wildman–Crippen MR) is 88.3 cm³/mol. The fourth-order valence-corrected chi connectivity index (χ4v) is 5.23. The lowest BCUT2D eigenvalue weighted by molar-refractivity contribution is -0.0449. The van der Waals surface area contributed by atoms with Gasteiger partial charge >= 0.3 is 29.2 Å². The maximum absolute atomic E-state index is 11.9. The van der Waals surface area contributed by atoms with Gasteiger partial charge in [-0.3, -0.25) is 19.8 Å². The van der Waals surface area contributed by atoms with Crippen molar-refractivity contribution in [2.75, 3.05) is 12.1 Å². The van der Waals surface area contributed by atoms with E-state index in [-0.39, 0.29) is 12.2 Å². The van der Waals surface area contributed by atoms with Crippen molar-refractivity contribution in [3.63, 3.8) is 0 Å². The molecule has 1 fully saturated rings. The number of aromatic nitrogens is 2. The van der Waals surface area contributed by atoms with E-state index in [1.807, 2.05) is 0 Å². The molecule has 20 heteroatoms. The van der Waals surface area contributed by atoms with Crippen molar-refractivity contribution in [3.05, 3.63) is 22.7 Å². The predicted octanol–water partition coefficient (Wildman–Crippen LogP) is -0.964. The van der Waals surface area contributed by atoms with Crippen LogP contribution >= 0.6 is 23.5 Å². The standard InChI is InChI=1S/C9H16N3O14P3/c13-5-3-8(12-2-1-7(11-15)10-9(12)14)24-6(5)4-23-28(19,20)26-29(21,22)25-27(16,17)18/h1-2,5-6,8,13,15H,3-4H2,(H,19,20)(H,21,22)(H,10,11,14)(H2,16,17,18)/t5-,6+,8+/m1/s1. The molecule has 0 aliphatic carbocycles. The van der Waals surface area contributed by atoms with Crippen molar-refractivity contribution in [2.45, 2.75) is 24.9 Å². The minimum absolute atomic E-state index is 0.144. The molecule has 0 amide bonds. The van der Waals surface area contributed by atoms with Gasteiger partial charge in [-0.15, -0.1) is 0 Å². The Morgan fingerprint density at radius 2 is 1.86 bits per heavy atom. The van der Waals surface area contributed by atoms with E-state index < -0.39 is 54.2 Å². The van der Waals surface area contributed by atoms with Gasteiger partial charge in [-0.1, -0.05) is 0 Å². The SMILES string of the molecule is O=c1nc(NO)ccn1[C@@H]1C[C@@H](O)[C@H](COP(=O)(O)OP(=O)(O)OP(=O)(O)O)O1. The molecule has 166 valence electrons. The van der Waals surface area contributed by atoms with Crippen molar-refractivity contribution >= 4 is 29.3 Å². The van der Waals surface area contributed by atoms with Crippen LogP contribution in [0.4, 0.5) is 5.82 Å². The number of rotatable bonds is 9. The third kappa shape index (κ3) is 7.31. The molecule has 1 saturated heterocycles. The monoisotopic (exact) mass is 483 g/mol. The second-order valence-corrected chi connectivity index (χ2v) is 9.85. The molecule has 7 N–H and O–H groups in total. The van der Waals surface area contributed by atoms with Gasteiger partial charge in [0.2, 0.25) is 0 Å². The normalized spacial score (nSPS) is 26.6. The van der Waals surface area contributed by atoms with Crippen LogP contribution in [0.25, 0.3) is 0 Å². The van der Waals surface area contributed by atoms with E-state index >= 15 is 0 Å². The molecular formula is C9H16N3O14P3. The summed E-state index contributed by atoms with van der Waals surface area (Å²) in [6, 6.07) is 1.22. The third-order valence-corrected chi connectivity index (χ3v) is 7.08. The smallest absolute Gasteiger partial charge is 0.390 e. The zero-order valence-electron chi connectivity index (χ0n) is 14.0. The number of hydrogen-bond donors (Lipinski definition) is 7. The first-order valence-electron chi connectivity index (χ1n) is 7.32. The number of anilines is 1. The molecular weight excluding hydrogens is 467 g/mol. The van der Waals surface area contributed by atoms with E-state index in [1.54, 1.807) is 5.48 Å². The van der Waals surface area contributed by atoms with Gasteiger partial charge in [0.05, 0.1) is 12.7 Å². The van der Waals surface area contributed by atoms with Crippen molar-refractivity contribution in [3.8, 4) is 0 Å². The van der Waals surface area contributed by atoms with Crippen LogP contribution in [0.2, 0.25) is 0 Å². The molecule has 0 bridgehead atoms. The van der Waals surface area contributed by atoms with E-state index in [4.69, 9.17) is 24.6 Å². The van der Waals surface area contributed by atoms with Crippen LogP contribution in [0.3, 0.4) is 0 Å². The summed E-state index contributed by atoms with van der Waals surface area (Å²) in [4.78, 5) is 50.6. The van der Waals surface area contributed by atoms with Gasteiger partial charge in [-0.05, 0) is 6.07 Å². The molecule has 5 atom stereocenters. The van der Waals surface area contributed by atoms with Crippen LogP contribution < -0.4 is 11.2 Å².